The summed E-state index contributed by atoms with van der Waals surface area (Å²) in [6.45, 7) is 3.58. The van der Waals surface area contributed by atoms with Crippen molar-refractivity contribution < 1.29 is 9.53 Å². The van der Waals surface area contributed by atoms with Crippen LogP contribution < -0.4 is 0 Å². The maximum atomic E-state index is 12.6. The van der Waals surface area contributed by atoms with Crippen LogP contribution in [0.3, 0.4) is 0 Å². The van der Waals surface area contributed by atoms with Crippen LogP contribution in [0.15, 0.2) is 24.3 Å². The molecule has 2 unspecified atom stereocenters. The van der Waals surface area contributed by atoms with Crippen LogP contribution in [0, 0.1) is 12.8 Å². The van der Waals surface area contributed by atoms with Crippen molar-refractivity contribution in [3.63, 3.8) is 0 Å². The first-order valence-corrected chi connectivity index (χ1v) is 7.05. The first-order chi connectivity index (χ1) is 9.15. The van der Waals surface area contributed by atoms with E-state index in [1.165, 1.54) is 5.56 Å². The third-order valence-electron chi connectivity index (χ3n) is 4.59. The first kappa shape index (κ1) is 12.8. The molecule has 0 N–H and O–H groups in total. The Bertz CT molecular complexity index is 454. The molecule has 1 aromatic carbocycles. The number of morpholine rings is 1. The summed E-state index contributed by atoms with van der Waals surface area (Å²) in [5.41, 5.74) is 2.06. The lowest BCUT2D eigenvalue weighted by Crippen LogP contribution is -2.55. The van der Waals surface area contributed by atoms with Crippen molar-refractivity contribution >= 4 is 5.78 Å². The highest BCUT2D eigenvalue weighted by atomic mass is 16.5. The van der Waals surface area contributed by atoms with Gasteiger partial charge in [-0.15, -0.1) is 0 Å². The topological polar surface area (TPSA) is 29.5 Å². The average Bonchev–Trinajstić information content (AvgIpc) is 2.38. The molecule has 0 aliphatic carbocycles. The van der Waals surface area contributed by atoms with E-state index in [1.807, 2.05) is 31.2 Å². The summed E-state index contributed by atoms with van der Waals surface area (Å²) < 4.78 is 5.60. The second-order valence-corrected chi connectivity index (χ2v) is 5.91. The Morgan fingerprint density at radius 2 is 1.74 bits per heavy atom. The van der Waals surface area contributed by atoms with Crippen molar-refractivity contribution in [1.82, 2.24) is 4.90 Å². The fourth-order valence-corrected chi connectivity index (χ4v) is 3.26. The van der Waals surface area contributed by atoms with E-state index >= 15 is 0 Å². The number of Topliss-reactive ketones (excluding diaryl/α,β-unsaturated/α-hetero) is 1. The fraction of sp³-hybridized carbons (Fsp3) is 0.562. The number of carbonyl (C=O) groups is 1. The van der Waals surface area contributed by atoms with Gasteiger partial charge in [0.2, 0.25) is 0 Å². The van der Waals surface area contributed by atoms with E-state index in [1.54, 1.807) is 0 Å². The molecule has 19 heavy (non-hydrogen) atoms. The van der Waals surface area contributed by atoms with Gasteiger partial charge in [-0.2, -0.15) is 0 Å². The summed E-state index contributed by atoms with van der Waals surface area (Å²) in [7, 11) is 2.16. The Balaban J connectivity index is 1.76. The molecule has 1 aromatic rings. The normalized spacial score (nSPS) is 31.2. The highest BCUT2D eigenvalue weighted by Gasteiger charge is 2.39. The maximum absolute atomic E-state index is 12.6. The first-order valence-electron chi connectivity index (χ1n) is 7.05. The van der Waals surface area contributed by atoms with Crippen LogP contribution in [0.25, 0.3) is 0 Å². The molecule has 2 atom stereocenters. The molecule has 2 bridgehead atoms. The van der Waals surface area contributed by atoms with Crippen molar-refractivity contribution in [2.45, 2.75) is 31.8 Å². The van der Waals surface area contributed by atoms with E-state index in [4.69, 9.17) is 4.74 Å². The predicted molar refractivity (Wildman–Crippen MR) is 74.4 cm³/mol. The van der Waals surface area contributed by atoms with E-state index in [0.717, 1.165) is 31.6 Å². The standard InChI is InChI=1S/C16H21NO2/c1-11-3-5-12(6-4-11)16(18)13-7-14-9-19-10-15(8-13)17(14)2/h3-6,13-15H,7-10H2,1-2H3. The Labute approximate surface area is 114 Å². The zero-order valence-electron chi connectivity index (χ0n) is 11.6. The van der Waals surface area contributed by atoms with E-state index in [0.29, 0.717) is 17.9 Å². The maximum Gasteiger partial charge on any atom is 0.166 e. The molecule has 2 heterocycles. The van der Waals surface area contributed by atoms with Gasteiger partial charge in [-0.25, -0.2) is 0 Å². The SMILES string of the molecule is Cc1ccc(C(=O)C2CC3COCC(C2)N3C)cc1. The minimum absolute atomic E-state index is 0.165. The third-order valence-corrected chi connectivity index (χ3v) is 4.59. The molecule has 3 nitrogen and oxygen atoms in total. The Kier molecular flexibility index (Phi) is 3.42. The lowest BCUT2D eigenvalue weighted by molar-refractivity contribution is -0.0702. The summed E-state index contributed by atoms with van der Waals surface area (Å²) >= 11 is 0. The molecule has 0 aromatic heterocycles. The highest BCUT2D eigenvalue weighted by Crippen LogP contribution is 2.32. The Morgan fingerprint density at radius 1 is 1.16 bits per heavy atom. The van der Waals surface area contributed by atoms with Crippen molar-refractivity contribution in [1.29, 1.82) is 0 Å². The minimum atomic E-state index is 0.165. The molecule has 2 fully saturated rings. The van der Waals surface area contributed by atoms with E-state index in [9.17, 15) is 4.79 Å². The molecule has 0 saturated carbocycles. The Hall–Kier alpha value is -1.19. The van der Waals surface area contributed by atoms with Crippen molar-refractivity contribution in [2.75, 3.05) is 20.3 Å². The number of carbonyl (C=O) groups excluding carboxylic acids is 1. The summed E-state index contributed by atoms with van der Waals surface area (Å²) in [5.74, 6) is 0.475. The molecule has 2 aliphatic rings. The zero-order valence-corrected chi connectivity index (χ0v) is 11.6. The molecule has 0 radical (unpaired) electrons. The van der Waals surface area contributed by atoms with Crippen LogP contribution in [-0.2, 0) is 4.74 Å². The van der Waals surface area contributed by atoms with E-state index < -0.39 is 0 Å². The van der Waals surface area contributed by atoms with Crippen LogP contribution in [0.1, 0.15) is 28.8 Å². The number of piperidine rings is 1. The number of nitrogens with zero attached hydrogens (tertiary/aromatic N) is 1. The van der Waals surface area contributed by atoms with Gasteiger partial charge < -0.3 is 4.74 Å². The van der Waals surface area contributed by atoms with E-state index in [2.05, 4.69) is 11.9 Å². The van der Waals surface area contributed by atoms with Crippen molar-refractivity contribution in [3.8, 4) is 0 Å². The number of ether oxygens (including phenoxy) is 1. The van der Waals surface area contributed by atoms with Crippen molar-refractivity contribution in [2.24, 2.45) is 5.92 Å². The number of benzene rings is 1. The minimum Gasteiger partial charge on any atom is -0.378 e. The van der Waals surface area contributed by atoms with Crippen LogP contribution in [-0.4, -0.2) is 43.0 Å². The van der Waals surface area contributed by atoms with Crippen LogP contribution >= 0.6 is 0 Å². The molecule has 3 heteroatoms. The van der Waals surface area contributed by atoms with Crippen LogP contribution in [0.2, 0.25) is 0 Å². The van der Waals surface area contributed by atoms with Crippen LogP contribution in [0.4, 0.5) is 0 Å². The van der Waals surface area contributed by atoms with Crippen LogP contribution in [0.5, 0.6) is 0 Å². The number of ketones is 1. The van der Waals surface area contributed by atoms with Gasteiger partial charge in [0.25, 0.3) is 0 Å². The predicted octanol–water partition coefficient (Wildman–Crippen LogP) is 2.29. The Morgan fingerprint density at radius 3 is 2.32 bits per heavy atom. The molecular formula is C16H21NO2. The molecular weight excluding hydrogens is 238 g/mol. The number of aryl methyl sites for hydroxylation is 1. The monoisotopic (exact) mass is 259 g/mol. The third kappa shape index (κ3) is 2.45. The lowest BCUT2D eigenvalue weighted by Gasteiger charge is -2.46. The number of rotatable bonds is 2. The smallest absolute Gasteiger partial charge is 0.166 e. The molecule has 0 spiro atoms. The molecule has 3 rings (SSSR count). The summed E-state index contributed by atoms with van der Waals surface area (Å²) in [5, 5.41) is 0. The van der Waals surface area contributed by atoms with Gasteiger partial charge >= 0.3 is 0 Å². The van der Waals surface area contributed by atoms with E-state index in [-0.39, 0.29) is 5.92 Å². The lowest BCUT2D eigenvalue weighted by atomic mass is 9.81. The molecule has 2 aliphatic heterocycles. The largest absolute Gasteiger partial charge is 0.378 e. The molecule has 102 valence electrons. The molecule has 2 saturated heterocycles. The number of fused-ring (bicyclic) bond motifs is 2. The molecule has 0 amide bonds. The van der Waals surface area contributed by atoms with Gasteiger partial charge in [0.15, 0.2) is 5.78 Å². The fourth-order valence-electron chi connectivity index (χ4n) is 3.26. The number of likely N-dealkylation sites (N-methyl/N-ethyl adjacent to an activating group) is 1. The summed E-state index contributed by atoms with van der Waals surface area (Å²) in [6, 6.07) is 8.78. The van der Waals surface area contributed by atoms with Crippen molar-refractivity contribution in [3.05, 3.63) is 35.4 Å². The van der Waals surface area contributed by atoms with Gasteiger partial charge in [0, 0.05) is 23.6 Å². The second-order valence-electron chi connectivity index (χ2n) is 5.91. The highest BCUT2D eigenvalue weighted by molar-refractivity contribution is 5.98. The van der Waals surface area contributed by atoms with Gasteiger partial charge in [-0.3, -0.25) is 9.69 Å². The van der Waals surface area contributed by atoms with Gasteiger partial charge in [0.05, 0.1) is 13.2 Å². The number of hydrogen-bond acceptors (Lipinski definition) is 3. The number of hydrogen-bond donors (Lipinski definition) is 0. The van der Waals surface area contributed by atoms with Gasteiger partial charge in [-0.1, -0.05) is 29.8 Å². The quantitative estimate of drug-likeness (QED) is 0.763. The van der Waals surface area contributed by atoms with Gasteiger partial charge in [0.1, 0.15) is 0 Å². The summed E-state index contributed by atoms with van der Waals surface area (Å²) in [4.78, 5) is 15.0. The zero-order chi connectivity index (χ0) is 13.4. The second kappa shape index (κ2) is 5.06. The average molecular weight is 259 g/mol. The van der Waals surface area contributed by atoms with Gasteiger partial charge in [-0.05, 0) is 26.8 Å². The summed E-state index contributed by atoms with van der Waals surface area (Å²) in [6.07, 6.45) is 1.86.